The van der Waals surface area contributed by atoms with Crippen molar-refractivity contribution in [3.05, 3.63) is 0 Å². The zero-order valence-corrected chi connectivity index (χ0v) is 12.0. The van der Waals surface area contributed by atoms with Gasteiger partial charge < -0.3 is 15.7 Å². The largest absolute Gasteiger partial charge is 0.480 e. The Balaban J connectivity index is 2.57. The van der Waals surface area contributed by atoms with Gasteiger partial charge in [-0.2, -0.15) is 0 Å². The maximum Gasteiger partial charge on any atom is 0.329 e. The van der Waals surface area contributed by atoms with Gasteiger partial charge in [0.25, 0.3) is 0 Å². The van der Waals surface area contributed by atoms with Crippen LogP contribution in [0.15, 0.2) is 0 Å². The van der Waals surface area contributed by atoms with Crippen molar-refractivity contribution in [2.24, 2.45) is 5.14 Å². The van der Waals surface area contributed by atoms with Gasteiger partial charge in [0.15, 0.2) is 0 Å². The van der Waals surface area contributed by atoms with Gasteiger partial charge in [-0.3, -0.25) is 0 Å². The van der Waals surface area contributed by atoms with Crippen LogP contribution in [0.5, 0.6) is 0 Å². The summed E-state index contributed by atoms with van der Waals surface area (Å²) in [7, 11) is -3.65. The Morgan fingerprint density at radius 3 is 2.15 bits per heavy atom. The van der Waals surface area contributed by atoms with Gasteiger partial charge in [-0.25, -0.2) is 23.1 Å². The Labute approximate surface area is 118 Å². The second-order valence-corrected chi connectivity index (χ2v) is 6.78. The smallest absolute Gasteiger partial charge is 0.329 e. The SMILES string of the molecule is NS(=O)(=O)CCNC(=O)NC1(C(=O)O)CCCCCC1. The summed E-state index contributed by atoms with van der Waals surface area (Å²) in [6.45, 7) is -0.152. The number of carbonyl (C=O) groups is 2. The molecule has 0 saturated heterocycles. The minimum Gasteiger partial charge on any atom is -0.480 e. The molecule has 0 bridgehead atoms. The monoisotopic (exact) mass is 307 g/mol. The molecule has 20 heavy (non-hydrogen) atoms. The number of hydrogen-bond acceptors (Lipinski definition) is 4. The number of primary sulfonamides is 1. The van der Waals surface area contributed by atoms with E-state index in [1.165, 1.54) is 0 Å². The highest BCUT2D eigenvalue weighted by Crippen LogP contribution is 2.27. The van der Waals surface area contributed by atoms with Gasteiger partial charge in [0.1, 0.15) is 5.54 Å². The van der Waals surface area contributed by atoms with Crippen LogP contribution in [0.25, 0.3) is 0 Å². The van der Waals surface area contributed by atoms with Crippen molar-refractivity contribution in [1.82, 2.24) is 10.6 Å². The molecule has 1 aliphatic carbocycles. The fourth-order valence-corrected chi connectivity index (χ4v) is 2.68. The Morgan fingerprint density at radius 2 is 1.70 bits per heavy atom. The fraction of sp³-hybridized carbons (Fsp3) is 0.818. The molecular formula is C11H21N3O5S. The van der Waals surface area contributed by atoms with Crippen LogP contribution in [0.1, 0.15) is 38.5 Å². The molecule has 1 saturated carbocycles. The molecule has 0 aromatic rings. The molecule has 9 heteroatoms. The highest BCUT2D eigenvalue weighted by atomic mass is 32.2. The number of carboxylic acid groups (broad SMARTS) is 1. The van der Waals surface area contributed by atoms with Gasteiger partial charge in [-0.15, -0.1) is 0 Å². The van der Waals surface area contributed by atoms with Gasteiger partial charge in [-0.1, -0.05) is 25.7 Å². The van der Waals surface area contributed by atoms with E-state index in [1.54, 1.807) is 0 Å². The predicted molar refractivity (Wildman–Crippen MR) is 72.6 cm³/mol. The summed E-state index contributed by atoms with van der Waals surface area (Å²) in [6, 6.07) is -0.682. The summed E-state index contributed by atoms with van der Waals surface area (Å²) in [5.74, 6) is -1.44. The van der Waals surface area contributed by atoms with Crippen molar-refractivity contribution in [2.45, 2.75) is 44.1 Å². The number of amides is 2. The number of hydrogen-bond donors (Lipinski definition) is 4. The van der Waals surface area contributed by atoms with E-state index in [4.69, 9.17) is 5.14 Å². The first-order valence-corrected chi connectivity index (χ1v) is 8.27. The Hall–Kier alpha value is -1.35. The number of rotatable bonds is 5. The molecule has 0 heterocycles. The lowest BCUT2D eigenvalue weighted by molar-refractivity contribution is -0.145. The molecule has 1 rings (SSSR count). The average molecular weight is 307 g/mol. The van der Waals surface area contributed by atoms with Gasteiger partial charge >= 0.3 is 12.0 Å². The van der Waals surface area contributed by atoms with Gasteiger partial charge in [-0.05, 0) is 12.8 Å². The fourth-order valence-electron chi connectivity index (χ4n) is 2.29. The van der Waals surface area contributed by atoms with Crippen LogP contribution in [-0.2, 0) is 14.8 Å². The molecule has 0 radical (unpaired) electrons. The number of nitrogens with one attached hydrogen (secondary N) is 2. The first-order chi connectivity index (χ1) is 9.25. The van der Waals surface area contributed by atoms with Crippen LogP contribution >= 0.6 is 0 Å². The number of nitrogens with two attached hydrogens (primary N) is 1. The molecule has 0 aromatic heterocycles. The van der Waals surface area contributed by atoms with Crippen LogP contribution in [0.2, 0.25) is 0 Å². The van der Waals surface area contributed by atoms with E-state index in [9.17, 15) is 23.1 Å². The first-order valence-electron chi connectivity index (χ1n) is 6.55. The summed E-state index contributed by atoms with van der Waals surface area (Å²) in [6.07, 6.45) is 4.14. The third kappa shape index (κ3) is 5.33. The molecule has 1 aliphatic rings. The standard InChI is InChI=1S/C11H21N3O5S/c12-20(18,19)8-7-13-10(17)14-11(9(15)16)5-3-1-2-4-6-11/h1-8H2,(H,15,16)(H2,12,18,19)(H2,13,14,17). The minimum absolute atomic E-state index is 0.152. The zero-order chi connectivity index (χ0) is 15.2. The maximum atomic E-state index is 11.7. The minimum atomic E-state index is -3.65. The van der Waals surface area contributed by atoms with Crippen molar-refractivity contribution < 1.29 is 23.1 Å². The molecule has 0 spiro atoms. The quantitative estimate of drug-likeness (QED) is 0.519. The summed E-state index contributed by atoms with van der Waals surface area (Å²) in [4.78, 5) is 23.1. The molecular weight excluding hydrogens is 286 g/mol. The molecule has 2 amide bonds. The van der Waals surface area contributed by atoms with Crippen molar-refractivity contribution in [2.75, 3.05) is 12.3 Å². The van der Waals surface area contributed by atoms with Crippen molar-refractivity contribution >= 4 is 22.0 Å². The molecule has 116 valence electrons. The third-order valence-corrected chi connectivity index (χ3v) is 4.16. The highest BCUT2D eigenvalue weighted by Gasteiger charge is 2.40. The Kier molecular flexibility index (Phi) is 5.75. The molecule has 0 atom stereocenters. The normalized spacial score (nSPS) is 18.9. The van der Waals surface area contributed by atoms with E-state index in [-0.39, 0.29) is 12.3 Å². The Bertz CT molecular complexity index is 455. The lowest BCUT2D eigenvalue weighted by atomic mass is 9.90. The summed E-state index contributed by atoms with van der Waals surface area (Å²) in [5, 5.41) is 19.0. The van der Waals surface area contributed by atoms with E-state index in [2.05, 4.69) is 10.6 Å². The number of carboxylic acids is 1. The van der Waals surface area contributed by atoms with Crippen molar-refractivity contribution in [3.63, 3.8) is 0 Å². The van der Waals surface area contributed by atoms with E-state index >= 15 is 0 Å². The van der Waals surface area contributed by atoms with Crippen molar-refractivity contribution in [1.29, 1.82) is 0 Å². The van der Waals surface area contributed by atoms with E-state index < -0.39 is 27.6 Å². The number of sulfonamides is 1. The lowest BCUT2D eigenvalue weighted by Crippen LogP contribution is -2.57. The van der Waals surface area contributed by atoms with E-state index in [0.29, 0.717) is 12.8 Å². The van der Waals surface area contributed by atoms with E-state index in [0.717, 1.165) is 25.7 Å². The number of aliphatic carboxylic acids is 1. The van der Waals surface area contributed by atoms with Gasteiger partial charge in [0.2, 0.25) is 10.0 Å². The molecule has 5 N–H and O–H groups in total. The van der Waals surface area contributed by atoms with Crippen LogP contribution in [0.3, 0.4) is 0 Å². The van der Waals surface area contributed by atoms with Gasteiger partial charge in [0, 0.05) is 6.54 Å². The zero-order valence-electron chi connectivity index (χ0n) is 11.2. The van der Waals surface area contributed by atoms with Gasteiger partial charge in [0.05, 0.1) is 5.75 Å². The van der Waals surface area contributed by atoms with E-state index in [1.807, 2.05) is 0 Å². The molecule has 0 aliphatic heterocycles. The highest BCUT2D eigenvalue weighted by molar-refractivity contribution is 7.89. The first kappa shape index (κ1) is 16.7. The predicted octanol–water partition coefficient (Wildman–Crippen LogP) is -0.248. The number of carbonyl (C=O) groups excluding carboxylic acids is 1. The topological polar surface area (TPSA) is 139 Å². The summed E-state index contributed by atoms with van der Waals surface area (Å²) < 4.78 is 21.5. The summed E-state index contributed by atoms with van der Waals surface area (Å²) in [5.41, 5.74) is -1.26. The van der Waals surface area contributed by atoms with Crippen LogP contribution < -0.4 is 15.8 Å². The molecule has 1 fully saturated rings. The number of urea groups is 1. The van der Waals surface area contributed by atoms with Crippen molar-refractivity contribution in [3.8, 4) is 0 Å². The third-order valence-electron chi connectivity index (χ3n) is 3.39. The second-order valence-electron chi connectivity index (χ2n) is 5.05. The second kappa shape index (κ2) is 6.89. The summed E-state index contributed by atoms with van der Waals surface area (Å²) >= 11 is 0. The molecule has 0 aromatic carbocycles. The maximum absolute atomic E-state index is 11.7. The average Bonchev–Trinajstić information content (AvgIpc) is 2.53. The molecule has 8 nitrogen and oxygen atoms in total. The van der Waals surface area contributed by atoms with Crippen LogP contribution in [0.4, 0.5) is 4.79 Å². The van der Waals surface area contributed by atoms with Crippen LogP contribution in [0, 0.1) is 0 Å². The van der Waals surface area contributed by atoms with Crippen LogP contribution in [-0.4, -0.2) is 43.4 Å². The molecule has 0 unspecified atom stereocenters. The lowest BCUT2D eigenvalue weighted by Gasteiger charge is -2.29. The Morgan fingerprint density at radius 1 is 1.15 bits per heavy atom.